The van der Waals surface area contributed by atoms with Crippen molar-refractivity contribution in [3.8, 4) is 5.75 Å². The molecule has 24 heavy (non-hydrogen) atoms. The van der Waals surface area contributed by atoms with Gasteiger partial charge in [-0.2, -0.15) is 0 Å². The Morgan fingerprint density at radius 1 is 1.29 bits per heavy atom. The molecular formula is C19H21NO4. The average molecular weight is 327 g/mol. The summed E-state index contributed by atoms with van der Waals surface area (Å²) < 4.78 is 11.2. The van der Waals surface area contributed by atoms with Crippen LogP contribution in [0.1, 0.15) is 27.6 Å². The van der Waals surface area contributed by atoms with Gasteiger partial charge in [-0.15, -0.1) is 0 Å². The molecule has 1 heterocycles. The first-order chi connectivity index (χ1) is 11.7. The molecule has 0 spiro atoms. The highest BCUT2D eigenvalue weighted by Gasteiger charge is 2.22. The Hall–Kier alpha value is -2.37. The smallest absolute Gasteiger partial charge is 0.335 e. The number of methoxy groups -OCH3 is 1. The molecule has 0 saturated carbocycles. The number of morpholine rings is 1. The third-order valence-corrected chi connectivity index (χ3v) is 4.22. The number of rotatable bonds is 5. The maximum atomic E-state index is 10.9. The number of hydrogen-bond acceptors (Lipinski definition) is 4. The lowest BCUT2D eigenvalue weighted by atomic mass is 10.1. The van der Waals surface area contributed by atoms with Crippen molar-refractivity contribution in [1.29, 1.82) is 0 Å². The van der Waals surface area contributed by atoms with Crippen LogP contribution in [-0.2, 0) is 11.3 Å². The van der Waals surface area contributed by atoms with Gasteiger partial charge in [-0.1, -0.05) is 24.3 Å². The predicted molar refractivity (Wildman–Crippen MR) is 90.4 cm³/mol. The summed E-state index contributed by atoms with van der Waals surface area (Å²) in [6, 6.07) is 15.0. The van der Waals surface area contributed by atoms with Gasteiger partial charge in [-0.3, -0.25) is 4.90 Å². The lowest BCUT2D eigenvalue weighted by molar-refractivity contribution is -0.0330. The van der Waals surface area contributed by atoms with Crippen LogP contribution in [0.4, 0.5) is 0 Å². The Balaban J connectivity index is 1.65. The number of aromatic carboxylic acids is 1. The van der Waals surface area contributed by atoms with Gasteiger partial charge >= 0.3 is 5.97 Å². The molecule has 5 nitrogen and oxygen atoms in total. The first kappa shape index (κ1) is 16.5. The molecule has 2 aromatic carbocycles. The lowest BCUT2D eigenvalue weighted by Gasteiger charge is -2.33. The van der Waals surface area contributed by atoms with Crippen molar-refractivity contribution in [3.05, 3.63) is 65.2 Å². The Labute approximate surface area is 141 Å². The van der Waals surface area contributed by atoms with Crippen molar-refractivity contribution in [2.45, 2.75) is 12.6 Å². The van der Waals surface area contributed by atoms with Gasteiger partial charge in [0.15, 0.2) is 0 Å². The lowest BCUT2D eigenvalue weighted by Crippen LogP contribution is -2.37. The van der Waals surface area contributed by atoms with Crippen molar-refractivity contribution < 1.29 is 19.4 Å². The van der Waals surface area contributed by atoms with E-state index in [-0.39, 0.29) is 6.10 Å². The van der Waals surface area contributed by atoms with Crippen molar-refractivity contribution in [2.24, 2.45) is 0 Å². The zero-order chi connectivity index (χ0) is 16.9. The van der Waals surface area contributed by atoms with E-state index < -0.39 is 5.97 Å². The minimum atomic E-state index is -0.897. The molecule has 1 unspecified atom stereocenters. The molecule has 2 aromatic rings. The Morgan fingerprint density at radius 2 is 2.08 bits per heavy atom. The van der Waals surface area contributed by atoms with Crippen LogP contribution in [0.5, 0.6) is 5.75 Å². The van der Waals surface area contributed by atoms with E-state index in [2.05, 4.69) is 11.0 Å². The number of carbonyl (C=O) groups is 1. The second-order valence-electron chi connectivity index (χ2n) is 5.87. The molecular weight excluding hydrogens is 306 g/mol. The van der Waals surface area contributed by atoms with Crippen molar-refractivity contribution in [3.63, 3.8) is 0 Å². The van der Waals surface area contributed by atoms with E-state index in [1.54, 1.807) is 19.2 Å². The summed E-state index contributed by atoms with van der Waals surface area (Å²) in [5, 5.41) is 8.96. The Bertz CT molecular complexity index is 699. The van der Waals surface area contributed by atoms with Gasteiger partial charge in [0.1, 0.15) is 5.75 Å². The van der Waals surface area contributed by atoms with Crippen LogP contribution in [0.3, 0.4) is 0 Å². The number of nitrogens with zero attached hydrogens (tertiary/aromatic N) is 1. The van der Waals surface area contributed by atoms with Crippen molar-refractivity contribution in [1.82, 2.24) is 4.90 Å². The number of benzene rings is 2. The van der Waals surface area contributed by atoms with Crippen LogP contribution in [0, 0.1) is 0 Å². The first-order valence-corrected chi connectivity index (χ1v) is 7.96. The Morgan fingerprint density at radius 3 is 2.79 bits per heavy atom. The summed E-state index contributed by atoms with van der Waals surface area (Å²) in [7, 11) is 1.66. The molecule has 5 heteroatoms. The van der Waals surface area contributed by atoms with E-state index in [0.717, 1.165) is 36.5 Å². The molecule has 0 aromatic heterocycles. The van der Waals surface area contributed by atoms with Crippen LogP contribution in [-0.4, -0.2) is 42.8 Å². The van der Waals surface area contributed by atoms with Crippen LogP contribution in [0.25, 0.3) is 0 Å². The number of carboxylic acid groups (broad SMARTS) is 1. The predicted octanol–water partition coefficient (Wildman–Crippen LogP) is 2.97. The average Bonchev–Trinajstić information content (AvgIpc) is 2.62. The largest absolute Gasteiger partial charge is 0.497 e. The normalized spacial score (nSPS) is 18.3. The highest BCUT2D eigenvalue weighted by Crippen LogP contribution is 2.26. The number of ether oxygens (including phenoxy) is 2. The molecule has 126 valence electrons. The van der Waals surface area contributed by atoms with Gasteiger partial charge in [0.2, 0.25) is 0 Å². The van der Waals surface area contributed by atoms with E-state index in [1.807, 2.05) is 30.3 Å². The third kappa shape index (κ3) is 3.93. The number of carboxylic acids is 1. The SMILES string of the molecule is COc1cccc(C2CN(Cc3ccc(C(=O)O)cc3)CCO2)c1. The highest BCUT2D eigenvalue weighted by molar-refractivity contribution is 5.87. The van der Waals surface area contributed by atoms with Gasteiger partial charge in [-0.05, 0) is 35.4 Å². The minimum absolute atomic E-state index is 0.0205. The topological polar surface area (TPSA) is 59.0 Å². The third-order valence-electron chi connectivity index (χ3n) is 4.22. The molecule has 1 aliphatic heterocycles. The molecule has 1 N–H and O–H groups in total. The van der Waals surface area contributed by atoms with Crippen LogP contribution in [0.15, 0.2) is 48.5 Å². The standard InChI is InChI=1S/C19H21NO4/c1-23-17-4-2-3-16(11-17)18-13-20(9-10-24-18)12-14-5-7-15(8-6-14)19(21)22/h2-8,11,18H,9-10,12-13H2,1H3,(H,21,22). The quantitative estimate of drug-likeness (QED) is 0.915. The van der Waals surface area contributed by atoms with E-state index in [9.17, 15) is 4.79 Å². The van der Waals surface area contributed by atoms with Gasteiger partial charge in [-0.25, -0.2) is 4.79 Å². The Kier molecular flexibility index (Phi) is 5.13. The number of hydrogen-bond donors (Lipinski definition) is 1. The molecule has 1 atom stereocenters. The van der Waals surface area contributed by atoms with Crippen molar-refractivity contribution >= 4 is 5.97 Å². The molecule has 3 rings (SSSR count). The fourth-order valence-electron chi connectivity index (χ4n) is 2.90. The summed E-state index contributed by atoms with van der Waals surface area (Å²) >= 11 is 0. The second kappa shape index (κ2) is 7.47. The van der Waals surface area contributed by atoms with Crippen LogP contribution in [0.2, 0.25) is 0 Å². The van der Waals surface area contributed by atoms with E-state index in [0.29, 0.717) is 12.2 Å². The summed E-state index contributed by atoms with van der Waals surface area (Å²) in [5.74, 6) is -0.0662. The molecule has 1 saturated heterocycles. The molecule has 0 radical (unpaired) electrons. The summed E-state index contributed by atoms with van der Waals surface area (Å²) in [4.78, 5) is 13.2. The van der Waals surface area contributed by atoms with E-state index >= 15 is 0 Å². The van der Waals surface area contributed by atoms with E-state index in [1.165, 1.54) is 0 Å². The highest BCUT2D eigenvalue weighted by atomic mass is 16.5. The summed E-state index contributed by atoms with van der Waals surface area (Å²) in [6.45, 7) is 3.12. The molecule has 0 bridgehead atoms. The minimum Gasteiger partial charge on any atom is -0.497 e. The molecule has 1 aliphatic rings. The van der Waals surface area contributed by atoms with Crippen molar-refractivity contribution in [2.75, 3.05) is 26.8 Å². The van der Waals surface area contributed by atoms with Crippen LogP contribution >= 0.6 is 0 Å². The van der Waals surface area contributed by atoms with Gasteiger partial charge in [0, 0.05) is 19.6 Å². The van der Waals surface area contributed by atoms with Gasteiger partial charge < -0.3 is 14.6 Å². The first-order valence-electron chi connectivity index (χ1n) is 7.96. The van der Waals surface area contributed by atoms with Crippen LogP contribution < -0.4 is 4.74 Å². The fraction of sp³-hybridized carbons (Fsp3) is 0.316. The molecule has 0 aliphatic carbocycles. The summed E-state index contributed by atoms with van der Waals surface area (Å²) in [5.41, 5.74) is 2.53. The second-order valence-corrected chi connectivity index (χ2v) is 5.87. The monoisotopic (exact) mass is 327 g/mol. The fourth-order valence-corrected chi connectivity index (χ4v) is 2.90. The molecule has 0 amide bonds. The van der Waals surface area contributed by atoms with Gasteiger partial charge in [0.05, 0.1) is 25.4 Å². The zero-order valence-corrected chi connectivity index (χ0v) is 13.6. The maximum absolute atomic E-state index is 10.9. The maximum Gasteiger partial charge on any atom is 0.335 e. The zero-order valence-electron chi connectivity index (χ0n) is 13.6. The molecule has 1 fully saturated rings. The van der Waals surface area contributed by atoms with E-state index in [4.69, 9.17) is 14.6 Å². The summed E-state index contributed by atoms with van der Waals surface area (Å²) in [6.07, 6.45) is 0.0205. The van der Waals surface area contributed by atoms with Gasteiger partial charge in [0.25, 0.3) is 0 Å².